The number of amides is 1. The molecule has 0 aliphatic heterocycles. The smallest absolute Gasteiger partial charge is 0.295 e. The minimum absolute atomic E-state index is 0.245. The van der Waals surface area contributed by atoms with E-state index >= 15 is 0 Å². The van der Waals surface area contributed by atoms with Gasteiger partial charge in [0, 0.05) is 23.3 Å². The Morgan fingerprint density at radius 1 is 0.889 bits per heavy atom. The van der Waals surface area contributed by atoms with Crippen LogP contribution in [0.4, 0.5) is 17.1 Å². The van der Waals surface area contributed by atoms with Crippen LogP contribution in [0.25, 0.3) is 5.69 Å². The number of carbonyl (C=O) groups is 1. The largest absolute Gasteiger partial charge is 0.332 e. The molecule has 9 heteroatoms. The minimum atomic E-state index is -0.432. The van der Waals surface area contributed by atoms with Gasteiger partial charge >= 0.3 is 0 Å². The number of para-hydroxylation sites is 2. The first-order valence-corrected chi connectivity index (χ1v) is 12.7. The van der Waals surface area contributed by atoms with Crippen LogP contribution in [0.5, 0.6) is 0 Å². The lowest BCUT2D eigenvalue weighted by Crippen LogP contribution is -2.27. The second-order valence-corrected chi connectivity index (χ2v) is 9.98. The number of rotatable bonds is 7. The molecule has 36 heavy (non-hydrogen) atoms. The van der Waals surface area contributed by atoms with Crippen LogP contribution < -0.4 is 21.5 Å². The highest BCUT2D eigenvalue weighted by Crippen LogP contribution is 2.27. The molecule has 4 rings (SSSR count). The molecule has 1 amide bonds. The molecule has 0 spiro atoms. The predicted octanol–water partition coefficient (Wildman–Crippen LogP) is 5.41. The Bertz CT molecular complexity index is 1430. The van der Waals surface area contributed by atoms with E-state index < -0.39 is 5.25 Å². The fourth-order valence-corrected chi connectivity index (χ4v) is 4.82. The maximum Gasteiger partial charge on any atom is 0.295 e. The molecule has 184 valence electrons. The van der Waals surface area contributed by atoms with E-state index in [0.717, 1.165) is 22.0 Å². The molecule has 0 saturated heterocycles. The molecule has 1 unspecified atom stereocenters. The van der Waals surface area contributed by atoms with Gasteiger partial charge in [0.2, 0.25) is 5.91 Å². The van der Waals surface area contributed by atoms with Gasteiger partial charge in [-0.05, 0) is 68.5 Å². The van der Waals surface area contributed by atoms with Gasteiger partial charge in [-0.25, -0.2) is 4.68 Å². The maximum atomic E-state index is 13.1. The van der Waals surface area contributed by atoms with Gasteiger partial charge in [-0.3, -0.25) is 14.3 Å². The summed E-state index contributed by atoms with van der Waals surface area (Å²) in [6, 6.07) is 26.7. The summed E-state index contributed by atoms with van der Waals surface area (Å²) in [5.41, 5.74) is 3.14. The van der Waals surface area contributed by atoms with Crippen LogP contribution in [0.3, 0.4) is 0 Å². The fraction of sp³-hybridized carbons (Fsp3) is 0.148. The van der Waals surface area contributed by atoms with Gasteiger partial charge in [-0.15, -0.1) is 11.8 Å². The maximum absolute atomic E-state index is 13.1. The first kappa shape index (κ1) is 25.3. The Morgan fingerprint density at radius 3 is 2.19 bits per heavy atom. The normalized spacial score (nSPS) is 11.5. The number of anilines is 3. The Labute approximate surface area is 219 Å². The molecule has 4 aromatic rings. The Morgan fingerprint density at radius 2 is 1.50 bits per heavy atom. The number of carbonyl (C=O) groups excluding carboxylic acids is 1. The van der Waals surface area contributed by atoms with Gasteiger partial charge in [-0.1, -0.05) is 42.5 Å². The van der Waals surface area contributed by atoms with Gasteiger partial charge in [0.15, 0.2) is 5.11 Å². The molecule has 3 aromatic carbocycles. The Kier molecular flexibility index (Phi) is 7.92. The lowest BCUT2D eigenvalue weighted by atomic mass is 10.3. The molecule has 0 aliphatic rings. The third-order valence-corrected chi connectivity index (χ3v) is 6.91. The van der Waals surface area contributed by atoms with E-state index in [1.807, 2.05) is 98.8 Å². The second kappa shape index (κ2) is 11.3. The number of hydrogen-bond donors (Lipinski definition) is 3. The van der Waals surface area contributed by atoms with E-state index in [2.05, 4.69) is 16.0 Å². The lowest BCUT2D eigenvalue weighted by Gasteiger charge is -2.14. The molecule has 0 radical (unpaired) electrons. The number of nitrogens with zero attached hydrogens (tertiary/aromatic N) is 2. The Balaban J connectivity index is 1.42. The number of aromatic nitrogens is 2. The summed E-state index contributed by atoms with van der Waals surface area (Å²) in [5.74, 6) is -0.245. The number of thiocarbonyl (C=S) groups is 1. The van der Waals surface area contributed by atoms with E-state index in [-0.39, 0.29) is 17.2 Å². The fourth-order valence-electron chi connectivity index (χ4n) is 3.66. The summed E-state index contributed by atoms with van der Waals surface area (Å²) in [4.78, 5) is 27.0. The van der Waals surface area contributed by atoms with Crippen molar-refractivity contribution in [1.29, 1.82) is 0 Å². The zero-order valence-corrected chi connectivity index (χ0v) is 21.8. The van der Waals surface area contributed by atoms with Gasteiger partial charge in [0.05, 0.1) is 16.6 Å². The van der Waals surface area contributed by atoms with Crippen molar-refractivity contribution in [3.05, 3.63) is 101 Å². The molecule has 0 fully saturated rings. The highest BCUT2D eigenvalue weighted by atomic mass is 32.2. The van der Waals surface area contributed by atoms with Crippen LogP contribution in [0.1, 0.15) is 12.6 Å². The van der Waals surface area contributed by atoms with E-state index in [1.54, 1.807) is 16.4 Å². The van der Waals surface area contributed by atoms with E-state index in [9.17, 15) is 9.59 Å². The molecule has 1 heterocycles. The topological polar surface area (TPSA) is 80.1 Å². The average molecular weight is 518 g/mol. The lowest BCUT2D eigenvalue weighted by molar-refractivity contribution is -0.115. The third kappa shape index (κ3) is 5.87. The summed E-state index contributed by atoms with van der Waals surface area (Å²) < 4.78 is 3.29. The highest BCUT2D eigenvalue weighted by Gasteiger charge is 2.21. The van der Waals surface area contributed by atoms with Crippen LogP contribution in [0, 0.1) is 6.92 Å². The molecule has 1 aromatic heterocycles. The summed E-state index contributed by atoms with van der Waals surface area (Å²) in [7, 11) is 1.80. The first-order valence-electron chi connectivity index (χ1n) is 11.4. The molecule has 7 nitrogen and oxygen atoms in total. The zero-order chi connectivity index (χ0) is 25.7. The number of thioether (sulfide) groups is 1. The van der Waals surface area contributed by atoms with Crippen molar-refractivity contribution in [3.63, 3.8) is 0 Å². The molecule has 0 bridgehead atoms. The van der Waals surface area contributed by atoms with E-state index in [4.69, 9.17) is 12.2 Å². The van der Waals surface area contributed by atoms with Gasteiger partial charge < -0.3 is 16.0 Å². The molecule has 3 N–H and O–H groups in total. The molecule has 1 atom stereocenters. The van der Waals surface area contributed by atoms with Crippen LogP contribution in [-0.4, -0.2) is 25.6 Å². The molecule has 0 saturated carbocycles. The SMILES string of the molecule is Cc1c(NC(=O)C(C)Sc2cccc(NC(=S)Nc3ccccc3)c2)c(=O)n(-c2ccccc2)n1C. The number of benzene rings is 3. The van der Waals surface area contributed by atoms with E-state index in [0.29, 0.717) is 10.8 Å². The van der Waals surface area contributed by atoms with Gasteiger partial charge in [0.1, 0.15) is 5.69 Å². The monoisotopic (exact) mass is 517 g/mol. The van der Waals surface area contributed by atoms with Crippen LogP contribution in [-0.2, 0) is 11.8 Å². The number of hydrogen-bond acceptors (Lipinski definition) is 4. The highest BCUT2D eigenvalue weighted by molar-refractivity contribution is 8.00. The third-order valence-electron chi connectivity index (χ3n) is 5.61. The standard InChI is InChI=1S/C27H27N5O2S2/c1-18-24(26(34)32(31(18)3)22-14-8-5-9-15-22)30-25(33)19(2)36-23-16-10-13-21(17-23)29-27(35)28-20-11-6-4-7-12-20/h4-17,19H,1-3H3,(H,30,33)(H2,28,29,35). The van der Waals surface area contributed by atoms with Crippen LogP contribution >= 0.6 is 24.0 Å². The van der Waals surface area contributed by atoms with Crippen molar-refractivity contribution in [1.82, 2.24) is 9.36 Å². The van der Waals surface area contributed by atoms with E-state index in [1.165, 1.54) is 11.8 Å². The second-order valence-electron chi connectivity index (χ2n) is 8.16. The van der Waals surface area contributed by atoms with Crippen molar-refractivity contribution in [2.24, 2.45) is 7.05 Å². The Hall–Kier alpha value is -3.82. The zero-order valence-electron chi connectivity index (χ0n) is 20.2. The molecule has 0 aliphatic carbocycles. The van der Waals surface area contributed by atoms with Gasteiger partial charge in [-0.2, -0.15) is 0 Å². The number of nitrogens with one attached hydrogen (secondary N) is 3. The first-order chi connectivity index (χ1) is 17.3. The summed E-state index contributed by atoms with van der Waals surface area (Å²) in [6.07, 6.45) is 0. The molecular formula is C27H27N5O2S2. The summed E-state index contributed by atoms with van der Waals surface area (Å²) in [5, 5.41) is 9.20. The summed E-state index contributed by atoms with van der Waals surface area (Å²) >= 11 is 6.81. The van der Waals surface area contributed by atoms with Crippen molar-refractivity contribution in [2.45, 2.75) is 24.0 Å². The summed E-state index contributed by atoms with van der Waals surface area (Å²) in [6.45, 7) is 3.63. The van der Waals surface area contributed by atoms with Crippen molar-refractivity contribution >= 4 is 52.1 Å². The van der Waals surface area contributed by atoms with Crippen molar-refractivity contribution in [2.75, 3.05) is 16.0 Å². The average Bonchev–Trinajstić information content (AvgIpc) is 3.08. The van der Waals surface area contributed by atoms with Crippen LogP contribution in [0.2, 0.25) is 0 Å². The molecular weight excluding hydrogens is 490 g/mol. The van der Waals surface area contributed by atoms with Crippen LogP contribution in [0.15, 0.2) is 94.6 Å². The van der Waals surface area contributed by atoms with Crippen molar-refractivity contribution < 1.29 is 4.79 Å². The van der Waals surface area contributed by atoms with Gasteiger partial charge in [0.25, 0.3) is 5.56 Å². The van der Waals surface area contributed by atoms with Crippen molar-refractivity contribution in [3.8, 4) is 5.69 Å². The minimum Gasteiger partial charge on any atom is -0.332 e. The predicted molar refractivity (Wildman–Crippen MR) is 152 cm³/mol. The quantitative estimate of drug-likeness (QED) is 0.225.